The zero-order valence-corrected chi connectivity index (χ0v) is 65.3. The number of aliphatic hydroxyl groups is 3. The van der Waals surface area contributed by atoms with E-state index < -0.39 is 16.8 Å². The van der Waals surface area contributed by atoms with Crippen LogP contribution in [0, 0.1) is 13.8 Å². The van der Waals surface area contributed by atoms with Crippen molar-refractivity contribution in [1.29, 1.82) is 0 Å². The number of amides is 3. The first kappa shape index (κ1) is 75.6. The van der Waals surface area contributed by atoms with E-state index in [4.69, 9.17) is 14.5 Å². The summed E-state index contributed by atoms with van der Waals surface area (Å²) in [5, 5.41) is 50.7. The lowest BCUT2D eigenvalue weighted by Crippen LogP contribution is -2.54. The third kappa shape index (κ3) is 15.7. The summed E-state index contributed by atoms with van der Waals surface area (Å²) in [7, 11) is 2.15. The molecule has 9 N–H and O–H groups in total. The van der Waals surface area contributed by atoms with Gasteiger partial charge in [-0.2, -0.15) is 0 Å². The molecule has 31 heteroatoms. The Morgan fingerprint density at radius 2 is 0.948 bits per heavy atom. The Bertz CT molecular complexity index is 5420. The second-order valence-corrected chi connectivity index (χ2v) is 31.6. The Labute approximate surface area is 663 Å². The molecule has 7 aliphatic rings. The van der Waals surface area contributed by atoms with E-state index in [0.29, 0.717) is 109 Å². The fraction of sp³-hybridized carbons (Fsp3) is 0.357. The van der Waals surface area contributed by atoms with Gasteiger partial charge in [-0.3, -0.25) is 37.5 Å². The van der Waals surface area contributed by atoms with Crippen molar-refractivity contribution in [2.45, 2.75) is 103 Å². The first-order valence-electron chi connectivity index (χ1n) is 39.0. The standard InChI is InChI=1S/C30H35N9O2.2C27H29N7O3/c1-36-12-14-37(15-13-36)20-30(41)7-10-38(11-8-30)21-5-6-25(31-16-21)35-23-18-33-28(22-17-34-29(40)27(22)23)24-19-32-26-4-2-3-9-39(24)26;2*1-16-8-9-34-21(14-30-26(34)31-16)18-5-6-20(24-19(18)13-29-25(24)35)32-23-7-4-17(12-28-23)33-10-11-37-22(15-33)27(2,3)36/h2-6,9,16,18-19,41H,7-8,10-15,17,20H2,1H3,(H,31,35)(H,34,40);2*4-9,12,14,22,36H,10-11,13,15H2,1-3H3,(H,28,32)(H,29,35)/t;2*22-/m.10/s1. The number of piperidine rings is 1. The lowest BCUT2D eigenvalue weighted by Gasteiger charge is -2.43. The Morgan fingerprint density at radius 3 is 1.43 bits per heavy atom. The highest BCUT2D eigenvalue weighted by molar-refractivity contribution is 6.08. The second kappa shape index (κ2) is 31.0. The van der Waals surface area contributed by atoms with E-state index in [0.717, 1.165) is 156 Å². The van der Waals surface area contributed by atoms with Crippen molar-refractivity contribution in [2.75, 3.05) is 123 Å². The van der Waals surface area contributed by atoms with Gasteiger partial charge in [-0.1, -0.05) is 18.2 Å². The van der Waals surface area contributed by atoms with E-state index in [-0.39, 0.29) is 29.9 Å². The molecule has 0 saturated carbocycles. The molecule has 7 aliphatic heterocycles. The van der Waals surface area contributed by atoms with Gasteiger partial charge in [0.2, 0.25) is 11.6 Å². The molecule has 12 aromatic rings. The van der Waals surface area contributed by atoms with Crippen molar-refractivity contribution in [3.05, 3.63) is 198 Å². The van der Waals surface area contributed by atoms with Crippen molar-refractivity contribution in [1.82, 2.24) is 83.8 Å². The second-order valence-electron chi connectivity index (χ2n) is 31.6. The fourth-order valence-corrected chi connectivity index (χ4v) is 16.1. The molecule has 0 radical (unpaired) electrons. The molecule has 592 valence electrons. The Kier molecular flexibility index (Phi) is 20.4. The minimum absolute atomic E-state index is 0.121. The molecule has 0 bridgehead atoms. The minimum atomic E-state index is -0.917. The van der Waals surface area contributed by atoms with Gasteiger partial charge < -0.3 is 76.3 Å². The Hall–Kier alpha value is -12.1. The van der Waals surface area contributed by atoms with Gasteiger partial charge in [-0.05, 0) is 145 Å². The van der Waals surface area contributed by atoms with Gasteiger partial charge in [-0.15, -0.1) is 0 Å². The molecule has 17 heterocycles. The van der Waals surface area contributed by atoms with E-state index >= 15 is 0 Å². The summed E-state index contributed by atoms with van der Waals surface area (Å²) in [4.78, 5) is 90.8. The van der Waals surface area contributed by atoms with Crippen LogP contribution < -0.4 is 46.6 Å². The summed E-state index contributed by atoms with van der Waals surface area (Å²) in [6, 6.07) is 29.3. The van der Waals surface area contributed by atoms with Crippen molar-refractivity contribution >= 4 is 86.5 Å². The van der Waals surface area contributed by atoms with Crippen LogP contribution in [0.25, 0.3) is 51.1 Å². The SMILES string of the molecule is CN1CCN(CC2(O)CCN(c3ccc(Nc4cnc(-c5cnc6ccccn56)c5c4C(=O)NC5)nc3)CC2)CC1.Cc1ccn2c(-c3ccc(Nc4ccc(N5CCO[C@@H](C(C)(C)O)C5)cn4)c4c3CNC4=O)cnc2n1.Cc1ccn2c(-c3ccc(Nc4ccc(N5CCO[C@H](C(C)(C)O)C5)cn4)c4c3CNC4=O)cnc2n1. The molecular weight excluding hydrogens is 1460 g/mol. The third-order valence-corrected chi connectivity index (χ3v) is 22.7. The van der Waals surface area contributed by atoms with Crippen molar-refractivity contribution in [2.24, 2.45) is 0 Å². The number of fused-ring (bicyclic) bond motifs is 6. The monoisotopic (exact) mass is 1550 g/mol. The quantitative estimate of drug-likeness (QED) is 0.0438. The van der Waals surface area contributed by atoms with E-state index in [1.807, 2.05) is 143 Å². The molecule has 4 fully saturated rings. The zero-order chi connectivity index (χ0) is 79.4. The number of ether oxygens (including phenoxy) is 2. The molecule has 0 aliphatic carbocycles. The number of morpholine rings is 2. The maximum Gasteiger partial charge on any atom is 0.254 e. The average Bonchev–Trinajstić information content (AvgIpc) is 1.63. The first-order chi connectivity index (χ1) is 55.5. The summed E-state index contributed by atoms with van der Waals surface area (Å²) in [6.45, 7) is 22.4. The van der Waals surface area contributed by atoms with Crippen molar-refractivity contribution in [3.63, 3.8) is 0 Å². The number of nitrogens with zero attached hydrogens (tertiary/aromatic N) is 17. The molecule has 2 atom stereocenters. The molecule has 31 nitrogen and oxygen atoms in total. The highest BCUT2D eigenvalue weighted by Crippen LogP contribution is 2.40. The highest BCUT2D eigenvalue weighted by atomic mass is 16.5. The summed E-state index contributed by atoms with van der Waals surface area (Å²) < 4.78 is 17.3. The van der Waals surface area contributed by atoms with Crippen LogP contribution in [0.4, 0.5) is 51.6 Å². The summed E-state index contributed by atoms with van der Waals surface area (Å²) in [6.07, 6.45) is 19.3. The van der Waals surface area contributed by atoms with Crippen LogP contribution in [-0.2, 0) is 29.1 Å². The lowest BCUT2D eigenvalue weighted by atomic mass is 9.90. The molecular formula is C84H93N23O8. The Balaban J connectivity index is 0.000000125. The maximum atomic E-state index is 12.9. The topological polar surface area (TPSA) is 348 Å². The number of aryl methyl sites for hydroxylation is 2. The maximum absolute atomic E-state index is 12.9. The number of hydrogen-bond donors (Lipinski definition) is 9. The fourth-order valence-electron chi connectivity index (χ4n) is 16.1. The molecule has 19 rings (SSSR count). The summed E-state index contributed by atoms with van der Waals surface area (Å²) >= 11 is 0. The number of anilines is 9. The van der Waals surface area contributed by atoms with Gasteiger partial charge in [0.05, 0.1) is 147 Å². The smallest absolute Gasteiger partial charge is 0.254 e. The van der Waals surface area contributed by atoms with Gasteiger partial charge >= 0.3 is 0 Å². The molecule has 0 unspecified atom stereocenters. The molecule has 3 amide bonds. The number of piperazine rings is 1. The average molecular weight is 1550 g/mol. The summed E-state index contributed by atoms with van der Waals surface area (Å²) in [5.41, 5.74) is 14.8. The number of pyridine rings is 5. The van der Waals surface area contributed by atoms with Crippen LogP contribution >= 0.6 is 0 Å². The van der Waals surface area contributed by atoms with Crippen LogP contribution in [-0.4, -0.2) is 222 Å². The number of benzene rings is 2. The molecule has 2 aromatic carbocycles. The van der Waals surface area contributed by atoms with Crippen LogP contribution in [0.15, 0.2) is 153 Å². The van der Waals surface area contributed by atoms with Gasteiger partial charge in [0, 0.05) is 138 Å². The molecule has 4 saturated heterocycles. The predicted octanol–water partition coefficient (Wildman–Crippen LogP) is 8.48. The number of nitrogens with one attached hydrogen (secondary N) is 6. The van der Waals surface area contributed by atoms with Gasteiger partial charge in [0.15, 0.2) is 0 Å². The number of aromatic nitrogens is 12. The van der Waals surface area contributed by atoms with Crippen LogP contribution in [0.1, 0.15) is 99.7 Å². The van der Waals surface area contributed by atoms with E-state index in [1.165, 1.54) is 0 Å². The predicted molar refractivity (Wildman–Crippen MR) is 438 cm³/mol. The largest absolute Gasteiger partial charge is 0.388 e. The number of rotatable bonds is 16. The van der Waals surface area contributed by atoms with Crippen molar-refractivity contribution < 1.29 is 39.2 Å². The zero-order valence-electron chi connectivity index (χ0n) is 65.3. The minimum Gasteiger partial charge on any atom is -0.388 e. The first-order valence-corrected chi connectivity index (χ1v) is 39.0. The van der Waals surface area contributed by atoms with Gasteiger partial charge in [0.25, 0.3) is 17.7 Å². The number of β-amino-alcohol motifs (C(OH)–C–C–N with tert-alkyl or cyclic N) is 1. The van der Waals surface area contributed by atoms with Crippen molar-refractivity contribution in [3.8, 4) is 33.9 Å². The van der Waals surface area contributed by atoms with E-state index in [2.05, 4.69) is 103 Å². The number of hydrogen-bond acceptors (Lipinski definition) is 25. The van der Waals surface area contributed by atoms with E-state index in [9.17, 15) is 29.7 Å². The highest BCUT2D eigenvalue weighted by Gasteiger charge is 2.38. The van der Waals surface area contributed by atoms with Gasteiger partial charge in [-0.25, -0.2) is 39.9 Å². The molecule has 115 heavy (non-hydrogen) atoms. The van der Waals surface area contributed by atoms with Gasteiger partial charge in [0.1, 0.15) is 35.3 Å². The van der Waals surface area contributed by atoms with Crippen LogP contribution in [0.3, 0.4) is 0 Å². The van der Waals surface area contributed by atoms with Crippen LogP contribution in [0.2, 0.25) is 0 Å². The van der Waals surface area contributed by atoms with Crippen LogP contribution in [0.5, 0.6) is 0 Å². The summed E-state index contributed by atoms with van der Waals surface area (Å²) in [5.74, 6) is 2.80. The number of carbonyl (C=O) groups is 3. The third-order valence-electron chi connectivity index (χ3n) is 22.7. The lowest BCUT2D eigenvalue weighted by molar-refractivity contribution is -0.0928. The number of carbonyl (C=O) groups excluding carboxylic acids is 3. The Morgan fingerprint density at radius 1 is 0.478 bits per heavy atom. The number of imidazole rings is 3. The molecule has 10 aromatic heterocycles. The normalized spacial score (nSPS) is 18.3. The van der Waals surface area contributed by atoms with E-state index in [1.54, 1.807) is 64.9 Å². The molecule has 0 spiro atoms. The number of likely N-dealkylation sites (N-methyl/N-ethyl adjacent to an activating group) is 1.